The summed E-state index contributed by atoms with van der Waals surface area (Å²) in [5.41, 5.74) is 2.11. The molecule has 2 N–H and O–H groups in total. The Hall–Kier alpha value is -2.63. The van der Waals surface area contributed by atoms with Crippen LogP contribution in [0.25, 0.3) is 11.3 Å². The Morgan fingerprint density at radius 2 is 1.89 bits per heavy atom. The zero-order valence-electron chi connectivity index (χ0n) is 10.6. The Balaban J connectivity index is 2.06. The molecule has 3 rings (SSSR count). The number of hydrogen-bond donors (Lipinski definition) is 2. The SMILES string of the molecule is COc1nc2nc(C)[nH]c2nc1Nc1ccccc1. The van der Waals surface area contributed by atoms with Gasteiger partial charge in [-0.05, 0) is 19.1 Å². The molecule has 0 fully saturated rings. The first-order valence-corrected chi connectivity index (χ1v) is 5.86. The minimum Gasteiger partial charge on any atom is -0.478 e. The highest BCUT2D eigenvalue weighted by molar-refractivity contribution is 5.72. The van der Waals surface area contributed by atoms with Crippen molar-refractivity contribution in [3.63, 3.8) is 0 Å². The predicted molar refractivity (Wildman–Crippen MR) is 72.7 cm³/mol. The second-order valence-electron chi connectivity index (χ2n) is 4.07. The Labute approximate surface area is 109 Å². The molecule has 0 saturated carbocycles. The third-order valence-corrected chi connectivity index (χ3v) is 2.65. The number of methoxy groups -OCH3 is 1. The second-order valence-corrected chi connectivity index (χ2v) is 4.07. The van der Waals surface area contributed by atoms with Crippen LogP contribution in [0.5, 0.6) is 5.88 Å². The summed E-state index contributed by atoms with van der Waals surface area (Å²) < 4.78 is 5.24. The first kappa shape index (κ1) is 11.5. The smallest absolute Gasteiger partial charge is 0.259 e. The van der Waals surface area contributed by atoms with E-state index in [0.717, 1.165) is 11.5 Å². The summed E-state index contributed by atoms with van der Waals surface area (Å²) in [6.45, 7) is 1.86. The van der Waals surface area contributed by atoms with Crippen molar-refractivity contribution in [2.45, 2.75) is 6.92 Å². The van der Waals surface area contributed by atoms with E-state index < -0.39 is 0 Å². The van der Waals surface area contributed by atoms with E-state index in [1.807, 2.05) is 37.3 Å². The molecule has 19 heavy (non-hydrogen) atoms. The molecule has 0 aliphatic carbocycles. The third-order valence-electron chi connectivity index (χ3n) is 2.65. The van der Waals surface area contributed by atoms with Crippen LogP contribution in [0.1, 0.15) is 5.82 Å². The quantitative estimate of drug-likeness (QED) is 0.751. The van der Waals surface area contributed by atoms with E-state index in [-0.39, 0.29) is 0 Å². The normalized spacial score (nSPS) is 10.6. The average Bonchev–Trinajstić information content (AvgIpc) is 2.78. The number of nitrogens with zero attached hydrogens (tertiary/aromatic N) is 3. The van der Waals surface area contributed by atoms with Gasteiger partial charge in [0, 0.05) is 5.69 Å². The number of ether oxygens (including phenoxy) is 1. The number of fused-ring (bicyclic) bond motifs is 1. The minimum atomic E-state index is 0.419. The number of imidazole rings is 1. The fourth-order valence-electron chi connectivity index (χ4n) is 1.81. The van der Waals surface area contributed by atoms with Crippen LogP contribution in [0.15, 0.2) is 30.3 Å². The zero-order valence-corrected chi connectivity index (χ0v) is 10.6. The molecule has 2 aromatic heterocycles. The van der Waals surface area contributed by atoms with Crippen LogP contribution in [-0.4, -0.2) is 27.0 Å². The molecule has 3 aromatic rings. The van der Waals surface area contributed by atoms with E-state index in [4.69, 9.17) is 4.74 Å². The summed E-state index contributed by atoms with van der Waals surface area (Å²) in [4.78, 5) is 16.1. The maximum absolute atomic E-state index is 5.24. The van der Waals surface area contributed by atoms with Crippen molar-refractivity contribution in [2.75, 3.05) is 12.4 Å². The number of rotatable bonds is 3. The van der Waals surface area contributed by atoms with Crippen molar-refractivity contribution < 1.29 is 4.74 Å². The molecule has 0 radical (unpaired) electrons. The number of anilines is 2. The molecule has 0 unspecified atom stereocenters. The molecule has 0 aliphatic rings. The predicted octanol–water partition coefficient (Wildman–Crippen LogP) is 2.41. The zero-order chi connectivity index (χ0) is 13.2. The molecule has 0 spiro atoms. The second kappa shape index (κ2) is 4.56. The van der Waals surface area contributed by atoms with Gasteiger partial charge in [-0.25, -0.2) is 9.97 Å². The fourth-order valence-corrected chi connectivity index (χ4v) is 1.81. The summed E-state index contributed by atoms with van der Waals surface area (Å²) in [6, 6.07) is 9.74. The fraction of sp³-hybridized carbons (Fsp3) is 0.154. The highest BCUT2D eigenvalue weighted by Crippen LogP contribution is 2.25. The first-order valence-electron chi connectivity index (χ1n) is 5.86. The summed E-state index contributed by atoms with van der Waals surface area (Å²) in [5.74, 6) is 1.75. The van der Waals surface area contributed by atoms with Gasteiger partial charge in [-0.3, -0.25) is 0 Å². The van der Waals surface area contributed by atoms with Crippen LogP contribution in [0.4, 0.5) is 11.5 Å². The lowest BCUT2D eigenvalue weighted by Gasteiger charge is -2.08. The maximum atomic E-state index is 5.24. The van der Waals surface area contributed by atoms with E-state index in [2.05, 4.69) is 25.3 Å². The van der Waals surface area contributed by atoms with Gasteiger partial charge in [-0.1, -0.05) is 18.2 Å². The largest absolute Gasteiger partial charge is 0.478 e. The number of aryl methyl sites for hydroxylation is 1. The van der Waals surface area contributed by atoms with Crippen LogP contribution >= 0.6 is 0 Å². The average molecular weight is 255 g/mol. The maximum Gasteiger partial charge on any atom is 0.259 e. The van der Waals surface area contributed by atoms with Gasteiger partial charge in [0.2, 0.25) is 5.65 Å². The number of aromatic nitrogens is 4. The number of nitrogens with one attached hydrogen (secondary N) is 2. The van der Waals surface area contributed by atoms with Crippen molar-refractivity contribution in [3.05, 3.63) is 36.2 Å². The molecule has 0 aliphatic heterocycles. The number of H-pyrrole nitrogens is 1. The van der Waals surface area contributed by atoms with Gasteiger partial charge in [-0.15, -0.1) is 0 Å². The highest BCUT2D eigenvalue weighted by atomic mass is 16.5. The monoisotopic (exact) mass is 255 g/mol. The Morgan fingerprint density at radius 3 is 2.63 bits per heavy atom. The lowest BCUT2D eigenvalue weighted by atomic mass is 10.3. The van der Waals surface area contributed by atoms with Crippen LogP contribution in [0, 0.1) is 6.92 Å². The summed E-state index contributed by atoms with van der Waals surface area (Å²) in [6.07, 6.45) is 0. The van der Waals surface area contributed by atoms with Crippen LogP contribution in [0.3, 0.4) is 0 Å². The number of hydrogen-bond acceptors (Lipinski definition) is 5. The molecule has 0 amide bonds. The van der Waals surface area contributed by atoms with Gasteiger partial charge in [0.15, 0.2) is 11.5 Å². The molecule has 0 atom stereocenters. The molecule has 6 nitrogen and oxygen atoms in total. The van der Waals surface area contributed by atoms with Gasteiger partial charge in [0.1, 0.15) is 5.82 Å². The Morgan fingerprint density at radius 1 is 1.11 bits per heavy atom. The van der Waals surface area contributed by atoms with Crippen LogP contribution in [0.2, 0.25) is 0 Å². The number of benzene rings is 1. The summed E-state index contributed by atoms with van der Waals surface area (Å²) in [5, 5.41) is 3.18. The summed E-state index contributed by atoms with van der Waals surface area (Å²) >= 11 is 0. The van der Waals surface area contributed by atoms with Crippen LogP contribution in [-0.2, 0) is 0 Å². The van der Waals surface area contributed by atoms with Crippen molar-refractivity contribution in [3.8, 4) is 5.88 Å². The molecule has 1 aromatic carbocycles. The van der Waals surface area contributed by atoms with E-state index in [9.17, 15) is 0 Å². The van der Waals surface area contributed by atoms with Gasteiger partial charge in [-0.2, -0.15) is 4.98 Å². The van der Waals surface area contributed by atoms with Crippen molar-refractivity contribution in [2.24, 2.45) is 0 Å². The van der Waals surface area contributed by atoms with Crippen molar-refractivity contribution in [1.29, 1.82) is 0 Å². The van der Waals surface area contributed by atoms with E-state index in [0.29, 0.717) is 23.0 Å². The van der Waals surface area contributed by atoms with E-state index in [1.54, 1.807) is 7.11 Å². The lowest BCUT2D eigenvalue weighted by Crippen LogP contribution is -2.00. The molecular formula is C13H13N5O. The minimum absolute atomic E-state index is 0.419. The molecule has 0 bridgehead atoms. The number of aromatic amines is 1. The van der Waals surface area contributed by atoms with Crippen LogP contribution < -0.4 is 10.1 Å². The molecule has 2 heterocycles. The standard InChI is InChI=1S/C13H13N5O/c1-8-14-10-11(15-8)18-13(19-2)12(17-10)16-9-6-4-3-5-7-9/h3-7H,1-2H3,(H2,14,15,16,17,18). The van der Waals surface area contributed by atoms with Gasteiger partial charge >= 0.3 is 0 Å². The molecular weight excluding hydrogens is 242 g/mol. The third kappa shape index (κ3) is 2.20. The number of para-hydroxylation sites is 1. The highest BCUT2D eigenvalue weighted by Gasteiger charge is 2.12. The molecule has 96 valence electrons. The topological polar surface area (TPSA) is 75.7 Å². The van der Waals surface area contributed by atoms with E-state index >= 15 is 0 Å². The first-order chi connectivity index (χ1) is 9.26. The Kier molecular flexibility index (Phi) is 2.75. The summed E-state index contributed by atoms with van der Waals surface area (Å²) in [7, 11) is 1.56. The Bertz CT molecular complexity index is 708. The van der Waals surface area contributed by atoms with Gasteiger partial charge in [0.05, 0.1) is 7.11 Å². The van der Waals surface area contributed by atoms with Crippen molar-refractivity contribution >= 4 is 22.8 Å². The van der Waals surface area contributed by atoms with E-state index in [1.165, 1.54) is 0 Å². The molecule has 0 saturated heterocycles. The van der Waals surface area contributed by atoms with Gasteiger partial charge in [0.25, 0.3) is 5.88 Å². The molecule has 6 heteroatoms. The van der Waals surface area contributed by atoms with Crippen molar-refractivity contribution in [1.82, 2.24) is 19.9 Å². The van der Waals surface area contributed by atoms with Gasteiger partial charge < -0.3 is 15.0 Å². The lowest BCUT2D eigenvalue weighted by molar-refractivity contribution is 0.400.